The molecular formula is C26H30ClF3N4O3S. The first kappa shape index (κ1) is 27.2. The summed E-state index contributed by atoms with van der Waals surface area (Å²) in [6.45, 7) is 3.81. The Morgan fingerprint density at radius 3 is 2.24 bits per heavy atom. The summed E-state index contributed by atoms with van der Waals surface area (Å²) in [4.78, 5) is 17.7. The summed E-state index contributed by atoms with van der Waals surface area (Å²) in [5, 5.41) is 0.423. The molecule has 1 spiro atoms. The van der Waals surface area contributed by atoms with E-state index in [9.17, 15) is 26.4 Å². The third-order valence-electron chi connectivity index (χ3n) is 7.96. The van der Waals surface area contributed by atoms with E-state index in [1.165, 1.54) is 21.3 Å². The molecule has 0 atom stereocenters. The van der Waals surface area contributed by atoms with Gasteiger partial charge in [-0.1, -0.05) is 23.7 Å². The number of amides is 1. The van der Waals surface area contributed by atoms with Crippen molar-refractivity contribution in [3.8, 4) is 0 Å². The maximum absolute atomic E-state index is 13.4. The fraction of sp³-hybridized carbons (Fsp3) is 0.500. The molecule has 1 amide bonds. The van der Waals surface area contributed by atoms with Gasteiger partial charge in [0.2, 0.25) is 10.0 Å². The molecule has 0 aromatic heterocycles. The van der Waals surface area contributed by atoms with Crippen molar-refractivity contribution in [3.63, 3.8) is 0 Å². The van der Waals surface area contributed by atoms with Crippen LogP contribution in [0.1, 0.15) is 28.8 Å². The molecule has 1 aliphatic carbocycles. The molecule has 2 aliphatic heterocycles. The van der Waals surface area contributed by atoms with E-state index in [1.54, 1.807) is 20.2 Å². The van der Waals surface area contributed by atoms with E-state index >= 15 is 0 Å². The van der Waals surface area contributed by atoms with Crippen LogP contribution in [0.2, 0.25) is 5.02 Å². The fourth-order valence-electron chi connectivity index (χ4n) is 5.85. The minimum absolute atomic E-state index is 0.141. The Morgan fingerprint density at radius 1 is 1.03 bits per heavy atom. The third kappa shape index (κ3) is 4.89. The van der Waals surface area contributed by atoms with Gasteiger partial charge in [-0.2, -0.15) is 17.5 Å². The van der Waals surface area contributed by atoms with Gasteiger partial charge in [-0.3, -0.25) is 9.69 Å². The molecule has 7 nitrogen and oxygen atoms in total. The van der Waals surface area contributed by atoms with Crippen molar-refractivity contribution >= 4 is 33.2 Å². The molecule has 5 rings (SSSR count). The van der Waals surface area contributed by atoms with Crippen LogP contribution in [0.4, 0.5) is 18.9 Å². The Bertz CT molecular complexity index is 1330. The number of benzene rings is 2. The highest BCUT2D eigenvalue weighted by atomic mass is 35.5. The van der Waals surface area contributed by atoms with Crippen molar-refractivity contribution in [2.75, 3.05) is 58.3 Å². The molecule has 0 radical (unpaired) electrons. The van der Waals surface area contributed by atoms with Crippen LogP contribution in [0, 0.1) is 5.41 Å². The molecule has 3 aliphatic rings. The normalized spacial score (nSPS) is 20.7. The number of carbonyl (C=O) groups excluding carboxylic acids is 1. The van der Waals surface area contributed by atoms with Gasteiger partial charge in [0.1, 0.15) is 0 Å². The number of hydrogen-bond acceptors (Lipinski definition) is 5. The van der Waals surface area contributed by atoms with Crippen molar-refractivity contribution in [1.29, 1.82) is 0 Å². The number of carbonyl (C=O) groups is 1. The lowest BCUT2D eigenvalue weighted by atomic mass is 9.61. The summed E-state index contributed by atoms with van der Waals surface area (Å²) >= 11 is 6.38. The van der Waals surface area contributed by atoms with Crippen molar-refractivity contribution in [3.05, 3.63) is 58.6 Å². The maximum atomic E-state index is 13.4. The maximum Gasteiger partial charge on any atom is 0.417 e. The van der Waals surface area contributed by atoms with E-state index in [-0.39, 0.29) is 24.4 Å². The summed E-state index contributed by atoms with van der Waals surface area (Å²) in [5.74, 6) is -0.141. The van der Waals surface area contributed by atoms with Crippen LogP contribution in [-0.2, 0) is 16.2 Å². The molecule has 2 saturated heterocycles. The zero-order valence-corrected chi connectivity index (χ0v) is 22.8. The van der Waals surface area contributed by atoms with Crippen LogP contribution >= 0.6 is 11.6 Å². The second kappa shape index (κ2) is 9.69. The van der Waals surface area contributed by atoms with Crippen molar-refractivity contribution < 1.29 is 26.4 Å². The van der Waals surface area contributed by atoms with Gasteiger partial charge in [-0.25, -0.2) is 8.42 Å². The molecule has 2 heterocycles. The van der Waals surface area contributed by atoms with Gasteiger partial charge in [0.25, 0.3) is 5.91 Å². The van der Waals surface area contributed by atoms with E-state index < -0.39 is 26.7 Å². The predicted molar refractivity (Wildman–Crippen MR) is 139 cm³/mol. The number of sulfonamides is 1. The number of hydrogen-bond donors (Lipinski definition) is 0. The third-order valence-corrected chi connectivity index (χ3v) is 10.1. The molecule has 1 saturated carbocycles. The van der Waals surface area contributed by atoms with Crippen molar-refractivity contribution in [2.24, 2.45) is 5.41 Å². The van der Waals surface area contributed by atoms with Crippen LogP contribution in [0.25, 0.3) is 0 Å². The Morgan fingerprint density at radius 2 is 1.66 bits per heavy atom. The van der Waals surface area contributed by atoms with Crippen LogP contribution in [0.5, 0.6) is 0 Å². The highest BCUT2D eigenvalue weighted by Crippen LogP contribution is 2.52. The Labute approximate surface area is 225 Å². The molecular weight excluding hydrogens is 541 g/mol. The molecule has 12 heteroatoms. The fourth-order valence-corrected chi connectivity index (χ4v) is 7.99. The molecule has 2 aromatic rings. The topological polar surface area (TPSA) is 64.2 Å². The van der Waals surface area contributed by atoms with Gasteiger partial charge in [-0.15, -0.1) is 0 Å². The van der Waals surface area contributed by atoms with Gasteiger partial charge in [0, 0.05) is 70.5 Å². The van der Waals surface area contributed by atoms with Crippen LogP contribution in [0.3, 0.4) is 0 Å². The highest BCUT2D eigenvalue weighted by Gasteiger charge is 2.57. The summed E-state index contributed by atoms with van der Waals surface area (Å²) in [7, 11) is -0.834. The number of alkyl halides is 3. The van der Waals surface area contributed by atoms with E-state index in [4.69, 9.17) is 11.6 Å². The van der Waals surface area contributed by atoms with E-state index in [1.807, 2.05) is 12.1 Å². The summed E-state index contributed by atoms with van der Waals surface area (Å²) in [6.07, 6.45) is -3.05. The average molecular weight is 571 g/mol. The van der Waals surface area contributed by atoms with E-state index in [0.29, 0.717) is 16.6 Å². The zero-order chi connectivity index (χ0) is 27.5. The number of rotatable bonds is 5. The average Bonchev–Trinajstić information content (AvgIpc) is 2.81. The summed E-state index contributed by atoms with van der Waals surface area (Å²) < 4.78 is 67.2. The summed E-state index contributed by atoms with van der Waals surface area (Å²) in [5.41, 5.74) is 0.168. The largest absolute Gasteiger partial charge is 0.417 e. The van der Waals surface area contributed by atoms with Crippen LogP contribution < -0.4 is 4.90 Å². The Hall–Kier alpha value is -2.34. The van der Waals surface area contributed by atoms with Gasteiger partial charge in [-0.05, 0) is 43.2 Å². The number of nitrogens with zero attached hydrogens (tertiary/aromatic N) is 4. The predicted octanol–water partition coefficient (Wildman–Crippen LogP) is 4.04. The SMILES string of the molecule is CN(C)C(=O)c1ccc(N2CCN(C3CC4(C3)CN(S(=O)(=O)c3ccccc3C(F)(F)F)C4)CC2)cc1Cl. The molecule has 0 bridgehead atoms. The first-order chi connectivity index (χ1) is 17.8. The molecule has 38 heavy (non-hydrogen) atoms. The number of piperazine rings is 1. The van der Waals surface area contributed by atoms with Gasteiger partial charge in [0.15, 0.2) is 0 Å². The summed E-state index contributed by atoms with van der Waals surface area (Å²) in [6, 6.07) is 10.2. The lowest BCUT2D eigenvalue weighted by molar-refractivity contribution is -0.140. The van der Waals surface area contributed by atoms with Crippen LogP contribution in [0.15, 0.2) is 47.4 Å². The molecule has 2 aromatic carbocycles. The van der Waals surface area contributed by atoms with E-state index in [0.717, 1.165) is 56.8 Å². The number of anilines is 1. The zero-order valence-electron chi connectivity index (χ0n) is 21.2. The minimum Gasteiger partial charge on any atom is -0.369 e. The molecule has 206 valence electrons. The first-order valence-corrected chi connectivity index (χ1v) is 14.3. The quantitative estimate of drug-likeness (QED) is 0.543. The Kier molecular flexibility index (Phi) is 6.95. The van der Waals surface area contributed by atoms with Gasteiger partial charge in [0.05, 0.1) is 21.0 Å². The van der Waals surface area contributed by atoms with Crippen molar-refractivity contribution in [1.82, 2.24) is 14.1 Å². The second-order valence-electron chi connectivity index (χ2n) is 10.7. The smallest absolute Gasteiger partial charge is 0.369 e. The molecule has 3 fully saturated rings. The van der Waals surface area contributed by atoms with E-state index in [2.05, 4.69) is 9.80 Å². The monoisotopic (exact) mass is 570 g/mol. The molecule has 0 unspecified atom stereocenters. The lowest BCUT2D eigenvalue weighted by Gasteiger charge is -2.61. The van der Waals surface area contributed by atoms with Gasteiger partial charge < -0.3 is 9.80 Å². The lowest BCUT2D eigenvalue weighted by Crippen LogP contribution is -2.68. The second-order valence-corrected chi connectivity index (χ2v) is 13.0. The highest BCUT2D eigenvalue weighted by molar-refractivity contribution is 7.89. The number of halogens is 4. The standard InChI is InChI=1S/C26H30ClF3N4O3S/c1-31(2)24(35)20-8-7-18(13-22(20)27)32-9-11-33(12-10-32)19-14-25(15-19)16-34(17-25)38(36,37)23-6-4-3-5-21(23)26(28,29)30/h3-8,13,19H,9-12,14-17H2,1-2H3. The molecule has 0 N–H and O–H groups in total. The first-order valence-electron chi connectivity index (χ1n) is 12.5. The van der Waals surface area contributed by atoms with Crippen molar-refractivity contribution in [2.45, 2.75) is 30.0 Å². The van der Waals surface area contributed by atoms with Crippen LogP contribution in [-0.4, -0.2) is 87.8 Å². The Balaban J connectivity index is 1.14. The minimum atomic E-state index is -4.73. The van der Waals surface area contributed by atoms with Gasteiger partial charge >= 0.3 is 6.18 Å².